The highest BCUT2D eigenvalue weighted by Gasteiger charge is 2.38. The zero-order chi connectivity index (χ0) is 20.1. The average Bonchev–Trinajstić information content (AvgIpc) is 3.52. The second-order valence-electron chi connectivity index (χ2n) is 7.61. The molecule has 0 saturated carbocycles. The van der Waals surface area contributed by atoms with Gasteiger partial charge in [0.1, 0.15) is 16.3 Å². The Kier molecular flexibility index (Phi) is 3.84. The molecular formula is C24H18N4OS. The highest BCUT2D eigenvalue weighted by molar-refractivity contribution is 7.13. The van der Waals surface area contributed by atoms with Crippen molar-refractivity contribution in [3.05, 3.63) is 89.3 Å². The molecule has 1 aliphatic rings. The number of aromatic nitrogens is 4. The van der Waals surface area contributed by atoms with Crippen molar-refractivity contribution in [2.45, 2.75) is 18.4 Å². The Hall–Kier alpha value is -3.35. The van der Waals surface area contributed by atoms with Gasteiger partial charge >= 0.3 is 0 Å². The van der Waals surface area contributed by atoms with Crippen molar-refractivity contribution in [2.24, 2.45) is 0 Å². The molecule has 0 spiro atoms. The molecule has 5 nitrogen and oxygen atoms in total. The van der Waals surface area contributed by atoms with Crippen LogP contribution in [0.2, 0.25) is 0 Å². The van der Waals surface area contributed by atoms with Crippen LogP contribution in [0.25, 0.3) is 32.9 Å². The van der Waals surface area contributed by atoms with Gasteiger partial charge in [0.05, 0.1) is 5.69 Å². The van der Waals surface area contributed by atoms with E-state index in [1.807, 2.05) is 36.5 Å². The molecule has 0 bridgehead atoms. The maximum atomic E-state index is 11.5. The molecular weight excluding hydrogens is 392 g/mol. The quantitative estimate of drug-likeness (QED) is 0.442. The molecule has 4 heterocycles. The van der Waals surface area contributed by atoms with Gasteiger partial charge in [0.2, 0.25) is 0 Å². The van der Waals surface area contributed by atoms with Crippen LogP contribution >= 0.6 is 11.3 Å². The van der Waals surface area contributed by atoms with E-state index in [9.17, 15) is 5.11 Å². The van der Waals surface area contributed by atoms with E-state index >= 15 is 0 Å². The number of nitrogens with zero attached hydrogens (tertiary/aromatic N) is 3. The Morgan fingerprint density at radius 3 is 3.03 bits per heavy atom. The van der Waals surface area contributed by atoms with E-state index in [0.29, 0.717) is 6.42 Å². The first-order valence-corrected chi connectivity index (χ1v) is 10.7. The van der Waals surface area contributed by atoms with Gasteiger partial charge in [-0.15, -0.1) is 11.3 Å². The number of benzene rings is 1. The molecule has 2 N–H and O–H groups in total. The molecule has 5 aromatic rings. The first-order chi connectivity index (χ1) is 14.7. The molecule has 1 aliphatic carbocycles. The summed E-state index contributed by atoms with van der Waals surface area (Å²) in [6.07, 6.45) is 8.85. The molecule has 0 amide bonds. The molecule has 30 heavy (non-hydrogen) atoms. The molecule has 0 unspecified atom stereocenters. The lowest BCUT2D eigenvalue weighted by molar-refractivity contribution is 0.0827. The van der Waals surface area contributed by atoms with Crippen molar-refractivity contribution in [3.8, 4) is 21.8 Å². The maximum Gasteiger partial charge on any atom is 0.137 e. The lowest BCUT2D eigenvalue weighted by Gasteiger charge is -2.24. The third kappa shape index (κ3) is 2.61. The Labute approximate surface area is 177 Å². The summed E-state index contributed by atoms with van der Waals surface area (Å²) in [6.45, 7) is 0. The minimum atomic E-state index is -0.999. The molecule has 0 aliphatic heterocycles. The number of hydrogen-bond acceptors (Lipinski definition) is 5. The van der Waals surface area contributed by atoms with Gasteiger partial charge in [-0.2, -0.15) is 0 Å². The molecule has 4 aromatic heterocycles. The van der Waals surface area contributed by atoms with Gasteiger partial charge in [0.25, 0.3) is 0 Å². The number of aliphatic hydroxyl groups is 1. The number of pyridine rings is 2. The van der Waals surface area contributed by atoms with Gasteiger partial charge in [0.15, 0.2) is 0 Å². The molecule has 1 aromatic carbocycles. The second-order valence-corrected chi connectivity index (χ2v) is 8.47. The topological polar surface area (TPSA) is 74.7 Å². The molecule has 0 saturated heterocycles. The van der Waals surface area contributed by atoms with Crippen molar-refractivity contribution in [1.29, 1.82) is 0 Å². The minimum Gasteiger partial charge on any atom is -0.380 e. The molecule has 146 valence electrons. The molecule has 6 heteroatoms. The fourth-order valence-corrected chi connectivity index (χ4v) is 5.22. The Balaban J connectivity index is 1.40. The zero-order valence-electron chi connectivity index (χ0n) is 16.0. The summed E-state index contributed by atoms with van der Waals surface area (Å²) in [5, 5.41) is 15.6. The first-order valence-electron chi connectivity index (χ1n) is 9.87. The van der Waals surface area contributed by atoms with Crippen LogP contribution in [-0.2, 0) is 12.0 Å². The van der Waals surface area contributed by atoms with Crippen LogP contribution < -0.4 is 0 Å². The summed E-state index contributed by atoms with van der Waals surface area (Å²) < 4.78 is 0. The third-order valence-corrected chi connectivity index (χ3v) is 6.81. The smallest absolute Gasteiger partial charge is 0.137 e. The second kappa shape index (κ2) is 6.58. The van der Waals surface area contributed by atoms with Gasteiger partial charge in [-0.3, -0.25) is 4.98 Å². The van der Waals surface area contributed by atoms with Crippen LogP contribution in [0.5, 0.6) is 0 Å². The van der Waals surface area contributed by atoms with Crippen LogP contribution in [0.1, 0.15) is 23.1 Å². The van der Waals surface area contributed by atoms with E-state index in [1.54, 1.807) is 29.9 Å². The van der Waals surface area contributed by atoms with Gasteiger partial charge in [-0.1, -0.05) is 18.2 Å². The number of hydrogen-bond donors (Lipinski definition) is 2. The van der Waals surface area contributed by atoms with Crippen LogP contribution in [0.3, 0.4) is 0 Å². The Morgan fingerprint density at radius 1 is 1.10 bits per heavy atom. The van der Waals surface area contributed by atoms with Gasteiger partial charge in [-0.25, -0.2) is 9.97 Å². The third-order valence-electron chi connectivity index (χ3n) is 5.93. The van der Waals surface area contributed by atoms with E-state index in [-0.39, 0.29) is 0 Å². The number of H-pyrrole nitrogens is 1. The Morgan fingerprint density at radius 2 is 2.07 bits per heavy atom. The van der Waals surface area contributed by atoms with Crippen LogP contribution in [-0.4, -0.2) is 25.0 Å². The molecule has 0 radical (unpaired) electrons. The predicted octanol–water partition coefficient (Wildman–Crippen LogP) is 4.93. The van der Waals surface area contributed by atoms with E-state index in [4.69, 9.17) is 4.98 Å². The lowest BCUT2D eigenvalue weighted by Crippen LogP contribution is -2.24. The fourth-order valence-electron chi connectivity index (χ4n) is 4.36. The van der Waals surface area contributed by atoms with E-state index in [1.165, 1.54) is 5.56 Å². The normalized spacial score (nSPS) is 18.0. The summed E-state index contributed by atoms with van der Waals surface area (Å²) in [7, 11) is 0. The van der Waals surface area contributed by atoms with Crippen molar-refractivity contribution in [2.75, 3.05) is 0 Å². The zero-order valence-corrected chi connectivity index (χ0v) is 16.9. The summed E-state index contributed by atoms with van der Waals surface area (Å²) in [5.41, 5.74) is 5.79. The summed E-state index contributed by atoms with van der Waals surface area (Å²) >= 11 is 1.61. The van der Waals surface area contributed by atoms with Crippen molar-refractivity contribution in [3.63, 3.8) is 0 Å². The van der Waals surface area contributed by atoms with Crippen molar-refractivity contribution < 1.29 is 5.11 Å². The monoisotopic (exact) mass is 410 g/mol. The fraction of sp³-hybridized carbons (Fsp3) is 0.125. The van der Waals surface area contributed by atoms with Gasteiger partial charge < -0.3 is 10.1 Å². The number of aryl methyl sites for hydroxylation is 1. The van der Waals surface area contributed by atoms with E-state index in [2.05, 4.69) is 32.5 Å². The Bertz CT molecular complexity index is 1390. The number of rotatable bonds is 3. The van der Waals surface area contributed by atoms with Crippen LogP contribution in [0, 0.1) is 0 Å². The SMILES string of the molecule is O[C@@]1(c2cccc(-c3csc(-c4c[nH]c5ncccc45)n3)c2)CCc2ccncc21. The number of nitrogens with one attached hydrogen (secondary N) is 1. The molecule has 1 atom stereocenters. The average molecular weight is 411 g/mol. The number of fused-ring (bicyclic) bond motifs is 2. The van der Waals surface area contributed by atoms with Crippen molar-refractivity contribution in [1.82, 2.24) is 19.9 Å². The summed E-state index contributed by atoms with van der Waals surface area (Å²) in [5.74, 6) is 0. The maximum absolute atomic E-state index is 11.5. The molecule has 0 fully saturated rings. The summed E-state index contributed by atoms with van der Waals surface area (Å²) in [6, 6.07) is 14.1. The van der Waals surface area contributed by atoms with E-state index in [0.717, 1.165) is 50.4 Å². The van der Waals surface area contributed by atoms with Crippen LogP contribution in [0.15, 0.2) is 72.6 Å². The first kappa shape index (κ1) is 17.5. The van der Waals surface area contributed by atoms with Crippen LogP contribution in [0.4, 0.5) is 0 Å². The van der Waals surface area contributed by atoms with Gasteiger partial charge in [0, 0.05) is 52.2 Å². The summed E-state index contributed by atoms with van der Waals surface area (Å²) in [4.78, 5) is 16.7. The number of thiazole rings is 1. The largest absolute Gasteiger partial charge is 0.380 e. The molecule has 6 rings (SSSR count). The van der Waals surface area contributed by atoms with Crippen molar-refractivity contribution >= 4 is 22.4 Å². The predicted molar refractivity (Wildman–Crippen MR) is 118 cm³/mol. The van der Waals surface area contributed by atoms with Gasteiger partial charge in [-0.05, 0) is 48.2 Å². The van der Waals surface area contributed by atoms with E-state index < -0.39 is 5.60 Å². The number of aromatic amines is 1. The lowest BCUT2D eigenvalue weighted by atomic mass is 9.87. The standard InChI is InChI=1S/C24H18N4OS/c29-24(8-6-15-7-10-25-13-20(15)24)17-4-1-3-16(11-17)21-14-30-23(28-21)19-12-27-22-18(19)5-2-9-26-22/h1-5,7,9-14,29H,6,8H2,(H,26,27)/t24-/m1/s1. The minimum absolute atomic E-state index is 0.669. The highest BCUT2D eigenvalue weighted by Crippen LogP contribution is 2.42. The highest BCUT2D eigenvalue weighted by atomic mass is 32.1.